The van der Waals surface area contributed by atoms with E-state index in [-0.39, 0.29) is 11.9 Å². The van der Waals surface area contributed by atoms with Gasteiger partial charge in [0.25, 0.3) is 0 Å². The van der Waals surface area contributed by atoms with E-state index in [1.54, 1.807) is 6.20 Å². The Bertz CT molecular complexity index is 621. The second-order valence-corrected chi connectivity index (χ2v) is 5.93. The van der Waals surface area contributed by atoms with Crippen molar-refractivity contribution in [1.29, 1.82) is 0 Å². The van der Waals surface area contributed by atoms with Gasteiger partial charge in [0.2, 0.25) is 5.91 Å². The van der Waals surface area contributed by atoms with Crippen LogP contribution in [0.1, 0.15) is 23.9 Å². The number of aryl methyl sites for hydroxylation is 1. The molecule has 1 saturated heterocycles. The number of amides is 1. The molecule has 1 atom stereocenters. The van der Waals surface area contributed by atoms with Crippen LogP contribution in [-0.4, -0.2) is 44.8 Å². The van der Waals surface area contributed by atoms with Crippen LogP contribution < -0.4 is 0 Å². The molecule has 0 saturated carbocycles. The molecule has 3 rings (SSSR count). The van der Waals surface area contributed by atoms with Crippen LogP contribution in [-0.2, 0) is 17.9 Å². The lowest BCUT2D eigenvalue weighted by Crippen LogP contribution is -2.55. The molecule has 2 aromatic rings. The van der Waals surface area contributed by atoms with Gasteiger partial charge < -0.3 is 9.88 Å². The van der Waals surface area contributed by atoms with Crippen LogP contribution in [0.25, 0.3) is 0 Å². The summed E-state index contributed by atoms with van der Waals surface area (Å²) in [5.41, 5.74) is 2.43. The number of H-pyrrole nitrogens is 1. The van der Waals surface area contributed by atoms with Crippen molar-refractivity contribution in [1.82, 2.24) is 19.8 Å². The summed E-state index contributed by atoms with van der Waals surface area (Å²) in [6.07, 6.45) is 3.56. The molecule has 0 radical (unpaired) electrons. The predicted molar refractivity (Wildman–Crippen MR) is 85.1 cm³/mol. The summed E-state index contributed by atoms with van der Waals surface area (Å²) in [6.45, 7) is 7.07. The van der Waals surface area contributed by atoms with E-state index in [1.165, 1.54) is 11.1 Å². The molecule has 1 unspecified atom stereocenters. The Balaban J connectivity index is 1.62. The largest absolute Gasteiger partial charge is 0.348 e. The minimum atomic E-state index is -0.107. The van der Waals surface area contributed by atoms with Gasteiger partial charge in [-0.3, -0.25) is 9.69 Å². The van der Waals surface area contributed by atoms with Crippen molar-refractivity contribution in [2.24, 2.45) is 0 Å². The fourth-order valence-corrected chi connectivity index (χ4v) is 2.84. The molecule has 22 heavy (non-hydrogen) atoms. The van der Waals surface area contributed by atoms with E-state index in [9.17, 15) is 4.79 Å². The third kappa shape index (κ3) is 3.20. The number of hydrogen-bond acceptors (Lipinski definition) is 3. The fourth-order valence-electron chi connectivity index (χ4n) is 2.84. The van der Waals surface area contributed by atoms with Gasteiger partial charge in [-0.15, -0.1) is 0 Å². The molecule has 1 aromatic carbocycles. The number of aromatic amines is 1. The zero-order valence-electron chi connectivity index (χ0n) is 13.1. The van der Waals surface area contributed by atoms with Gasteiger partial charge in [0, 0.05) is 32.0 Å². The minimum absolute atomic E-state index is 0.107. The highest BCUT2D eigenvalue weighted by Crippen LogP contribution is 2.16. The van der Waals surface area contributed by atoms with E-state index in [4.69, 9.17) is 0 Å². The maximum atomic E-state index is 12.6. The van der Waals surface area contributed by atoms with Gasteiger partial charge in [0.1, 0.15) is 5.82 Å². The van der Waals surface area contributed by atoms with Crippen molar-refractivity contribution in [3.8, 4) is 0 Å². The zero-order valence-corrected chi connectivity index (χ0v) is 13.1. The first-order valence-electron chi connectivity index (χ1n) is 7.70. The van der Waals surface area contributed by atoms with Crippen molar-refractivity contribution in [2.45, 2.75) is 33.0 Å². The third-order valence-electron chi connectivity index (χ3n) is 4.28. The number of nitrogens with zero attached hydrogens (tertiary/aromatic N) is 3. The predicted octanol–water partition coefficient (Wildman–Crippen LogP) is 1.95. The molecule has 2 heterocycles. The van der Waals surface area contributed by atoms with E-state index in [1.807, 2.05) is 18.0 Å². The third-order valence-corrected chi connectivity index (χ3v) is 4.28. The Morgan fingerprint density at radius 2 is 2.00 bits per heavy atom. The number of imidazole rings is 1. The maximum Gasteiger partial charge on any atom is 0.239 e. The van der Waals surface area contributed by atoms with Gasteiger partial charge in [0.05, 0.1) is 12.6 Å². The smallest absolute Gasteiger partial charge is 0.239 e. The molecule has 5 heteroatoms. The Morgan fingerprint density at radius 1 is 1.23 bits per heavy atom. The van der Waals surface area contributed by atoms with Crippen LogP contribution >= 0.6 is 0 Å². The van der Waals surface area contributed by atoms with Crippen molar-refractivity contribution in [2.75, 3.05) is 13.1 Å². The molecule has 1 amide bonds. The van der Waals surface area contributed by atoms with Gasteiger partial charge in [0.15, 0.2) is 0 Å². The summed E-state index contributed by atoms with van der Waals surface area (Å²) in [5, 5.41) is 0. The van der Waals surface area contributed by atoms with Gasteiger partial charge in [-0.05, 0) is 19.4 Å². The summed E-state index contributed by atoms with van der Waals surface area (Å²) < 4.78 is 0. The van der Waals surface area contributed by atoms with Gasteiger partial charge in [-0.1, -0.05) is 29.8 Å². The van der Waals surface area contributed by atoms with E-state index in [0.29, 0.717) is 13.1 Å². The summed E-state index contributed by atoms with van der Waals surface area (Å²) >= 11 is 0. The van der Waals surface area contributed by atoms with Crippen LogP contribution in [0.3, 0.4) is 0 Å². The SMILES string of the molecule is Cc1ccc(CN2CCN(Cc3ncc[nH]3)C(C)C2=O)cc1. The molecule has 0 spiro atoms. The Kier molecular flexibility index (Phi) is 4.24. The molecule has 0 aliphatic carbocycles. The molecule has 5 nitrogen and oxygen atoms in total. The first-order valence-corrected chi connectivity index (χ1v) is 7.70. The van der Waals surface area contributed by atoms with Crippen LogP contribution in [0.4, 0.5) is 0 Å². The lowest BCUT2D eigenvalue weighted by atomic mass is 10.1. The number of nitrogens with one attached hydrogen (secondary N) is 1. The minimum Gasteiger partial charge on any atom is -0.348 e. The molecule has 0 bridgehead atoms. The summed E-state index contributed by atoms with van der Waals surface area (Å²) in [5.74, 6) is 1.10. The molecule has 116 valence electrons. The van der Waals surface area contributed by atoms with E-state index in [0.717, 1.165) is 18.9 Å². The average molecular weight is 298 g/mol. The summed E-state index contributed by atoms with van der Waals surface area (Å²) in [4.78, 5) is 24.1. The summed E-state index contributed by atoms with van der Waals surface area (Å²) in [6, 6.07) is 8.28. The molecule has 1 aromatic heterocycles. The first kappa shape index (κ1) is 14.8. The van der Waals surface area contributed by atoms with Crippen LogP contribution in [0, 0.1) is 6.92 Å². The number of aromatic nitrogens is 2. The van der Waals surface area contributed by atoms with Gasteiger partial charge in [-0.2, -0.15) is 0 Å². The van der Waals surface area contributed by atoms with Crippen molar-refractivity contribution in [3.63, 3.8) is 0 Å². The highest BCUT2D eigenvalue weighted by Gasteiger charge is 2.31. The molecule has 1 fully saturated rings. The number of carbonyl (C=O) groups is 1. The van der Waals surface area contributed by atoms with E-state index >= 15 is 0 Å². The number of piperazine rings is 1. The van der Waals surface area contributed by atoms with Crippen molar-refractivity contribution >= 4 is 5.91 Å². The van der Waals surface area contributed by atoms with Crippen molar-refractivity contribution in [3.05, 3.63) is 53.6 Å². The highest BCUT2D eigenvalue weighted by molar-refractivity contribution is 5.82. The van der Waals surface area contributed by atoms with Gasteiger partial charge in [-0.25, -0.2) is 4.98 Å². The highest BCUT2D eigenvalue weighted by atomic mass is 16.2. The topological polar surface area (TPSA) is 52.2 Å². The van der Waals surface area contributed by atoms with Crippen LogP contribution in [0.5, 0.6) is 0 Å². The molecule has 1 aliphatic heterocycles. The molecular weight excluding hydrogens is 276 g/mol. The maximum absolute atomic E-state index is 12.6. The van der Waals surface area contributed by atoms with Gasteiger partial charge >= 0.3 is 0 Å². The lowest BCUT2D eigenvalue weighted by molar-refractivity contribution is -0.142. The monoisotopic (exact) mass is 298 g/mol. The van der Waals surface area contributed by atoms with E-state index in [2.05, 4.69) is 46.1 Å². The molecular formula is C17H22N4O. The van der Waals surface area contributed by atoms with Crippen LogP contribution in [0.2, 0.25) is 0 Å². The van der Waals surface area contributed by atoms with E-state index < -0.39 is 0 Å². The lowest BCUT2D eigenvalue weighted by Gasteiger charge is -2.38. The number of benzene rings is 1. The Labute approximate surface area is 131 Å². The second-order valence-electron chi connectivity index (χ2n) is 5.93. The number of carbonyl (C=O) groups excluding carboxylic acids is 1. The molecule has 1 N–H and O–H groups in total. The summed E-state index contributed by atoms with van der Waals surface area (Å²) in [7, 11) is 0. The standard InChI is InChI=1S/C17H22N4O/c1-13-3-5-15(6-4-13)11-21-10-9-20(14(2)17(21)22)12-16-18-7-8-19-16/h3-8,14H,9-12H2,1-2H3,(H,18,19). The quantitative estimate of drug-likeness (QED) is 0.938. The first-order chi connectivity index (χ1) is 10.6. The molecule has 1 aliphatic rings. The van der Waals surface area contributed by atoms with Crippen LogP contribution in [0.15, 0.2) is 36.7 Å². The average Bonchev–Trinajstić information content (AvgIpc) is 3.02. The number of rotatable bonds is 4. The Morgan fingerprint density at radius 3 is 2.68 bits per heavy atom. The van der Waals surface area contributed by atoms with Crippen molar-refractivity contribution < 1.29 is 4.79 Å². The normalized spacial score (nSPS) is 19.6. The fraction of sp³-hybridized carbons (Fsp3) is 0.412. The second kappa shape index (κ2) is 6.32. The number of hydrogen-bond donors (Lipinski definition) is 1. The zero-order chi connectivity index (χ0) is 15.5. The Hall–Kier alpha value is -2.14.